The minimum Gasteiger partial charge on any atom is -0.748 e. The Morgan fingerprint density at radius 2 is 1.29 bits per heavy atom. The van der Waals surface area contributed by atoms with Crippen molar-refractivity contribution in [3.05, 3.63) is 0 Å². The molecule has 0 aromatic heterocycles. The third-order valence-electron chi connectivity index (χ3n) is 3.57. The van der Waals surface area contributed by atoms with Crippen molar-refractivity contribution in [3.63, 3.8) is 0 Å². The molecule has 0 aliphatic carbocycles. The minimum atomic E-state index is -4.04. The first-order chi connectivity index (χ1) is 9.45. The Bertz CT molecular complexity index is 307. The molecule has 0 rings (SSSR count). The molecule has 0 amide bonds. The maximum Gasteiger partial charge on any atom is 1.00 e. The summed E-state index contributed by atoms with van der Waals surface area (Å²) in [4.78, 5) is 0. The van der Waals surface area contributed by atoms with Crippen LogP contribution in [0.25, 0.3) is 0 Å². The molecule has 0 aromatic carbocycles. The van der Waals surface area contributed by atoms with E-state index < -0.39 is 10.1 Å². The summed E-state index contributed by atoms with van der Waals surface area (Å²) < 4.78 is 31.2. The van der Waals surface area contributed by atoms with E-state index in [1.807, 2.05) is 0 Å². The van der Waals surface area contributed by atoms with Gasteiger partial charge in [-0.25, -0.2) is 8.42 Å². The molecule has 0 heterocycles. The maximum absolute atomic E-state index is 10.4. The van der Waals surface area contributed by atoms with Crippen LogP contribution < -0.4 is 51.4 Å². The molecule has 21 heavy (non-hydrogen) atoms. The van der Waals surface area contributed by atoms with Crippen LogP contribution in [0.5, 0.6) is 0 Å². The van der Waals surface area contributed by atoms with Crippen LogP contribution in [-0.2, 0) is 10.1 Å². The van der Waals surface area contributed by atoms with Crippen LogP contribution >= 0.6 is 0 Å². The van der Waals surface area contributed by atoms with E-state index in [1.165, 1.54) is 25.7 Å². The average molecular weight is 347 g/mol. The Labute approximate surface area is 173 Å². The van der Waals surface area contributed by atoms with Gasteiger partial charge in [-0.05, 0) is 19.3 Å². The Balaban J connectivity index is 0. The Morgan fingerprint density at radius 3 is 1.76 bits per heavy atom. The number of aliphatic hydroxyl groups is 1. The smallest absolute Gasteiger partial charge is 0.748 e. The zero-order valence-corrected chi connectivity index (χ0v) is 17.8. The van der Waals surface area contributed by atoms with Gasteiger partial charge in [-0.15, -0.1) is 0 Å². The van der Waals surface area contributed by atoms with E-state index in [4.69, 9.17) is 0 Å². The first-order valence-corrected chi connectivity index (χ1v) is 9.65. The third kappa shape index (κ3) is 21.5. The number of rotatable bonds is 14. The van der Waals surface area contributed by atoms with Gasteiger partial charge in [-0.1, -0.05) is 64.7 Å². The van der Waals surface area contributed by atoms with E-state index in [0.717, 1.165) is 44.9 Å². The zero-order chi connectivity index (χ0) is 15.3. The van der Waals surface area contributed by atoms with Crippen molar-refractivity contribution in [1.82, 2.24) is 0 Å². The molecule has 0 aliphatic rings. The monoisotopic (exact) mass is 346 g/mol. The molecular weight excluding hydrogens is 315 g/mol. The van der Waals surface area contributed by atoms with Gasteiger partial charge in [0.25, 0.3) is 0 Å². The summed E-state index contributed by atoms with van der Waals surface area (Å²) in [7, 11) is -4.04. The third-order valence-corrected chi connectivity index (χ3v) is 4.36. The van der Waals surface area contributed by atoms with Crippen LogP contribution in [0.2, 0.25) is 0 Å². The van der Waals surface area contributed by atoms with E-state index >= 15 is 0 Å². The van der Waals surface area contributed by atoms with E-state index in [0.29, 0.717) is 6.42 Å². The molecule has 0 saturated carbocycles. The van der Waals surface area contributed by atoms with Crippen molar-refractivity contribution in [1.29, 1.82) is 0 Å². The van der Waals surface area contributed by atoms with Crippen molar-refractivity contribution in [2.24, 2.45) is 0 Å². The van der Waals surface area contributed by atoms with Crippen LogP contribution in [0.1, 0.15) is 84.0 Å². The molecule has 122 valence electrons. The van der Waals surface area contributed by atoms with Gasteiger partial charge in [0.2, 0.25) is 0 Å². The van der Waals surface area contributed by atoms with Gasteiger partial charge >= 0.3 is 51.4 Å². The van der Waals surface area contributed by atoms with Crippen molar-refractivity contribution >= 4 is 10.1 Å². The second kappa shape index (κ2) is 16.4. The largest absolute Gasteiger partial charge is 1.00 e. The number of aliphatic hydroxyl groups excluding tert-OH is 1. The second-order valence-corrected chi connectivity index (χ2v) is 7.20. The van der Waals surface area contributed by atoms with Gasteiger partial charge in [0.1, 0.15) is 0 Å². The standard InChI is InChI=1S/C15H32O4S.K/c1-2-3-4-6-9-12-15(16)13-10-7-5-8-11-14-20(17,18)19;/h15-16H,2-14H2,1H3,(H,17,18,19);/q;+1/p-1. The van der Waals surface area contributed by atoms with Crippen LogP contribution in [0.3, 0.4) is 0 Å². The van der Waals surface area contributed by atoms with Crippen molar-refractivity contribution in [2.45, 2.75) is 90.1 Å². The average Bonchev–Trinajstić information content (AvgIpc) is 2.36. The molecule has 4 nitrogen and oxygen atoms in total. The molecular formula is C15H31KO4S. The number of unbranched alkanes of at least 4 members (excludes halogenated alkanes) is 8. The van der Waals surface area contributed by atoms with Crippen LogP contribution in [0.4, 0.5) is 0 Å². The Morgan fingerprint density at radius 1 is 0.857 bits per heavy atom. The normalized spacial score (nSPS) is 12.9. The SMILES string of the molecule is CCCCCCCC(O)CCCCCCCS(=O)(=O)[O-].[K+]. The van der Waals surface area contributed by atoms with E-state index in [1.54, 1.807) is 0 Å². The van der Waals surface area contributed by atoms with Crippen LogP contribution in [0, 0.1) is 0 Å². The summed E-state index contributed by atoms with van der Waals surface area (Å²) in [6.45, 7) is 2.20. The fourth-order valence-corrected chi connectivity index (χ4v) is 2.87. The summed E-state index contributed by atoms with van der Waals surface area (Å²) >= 11 is 0. The quantitative estimate of drug-likeness (QED) is 0.284. The van der Waals surface area contributed by atoms with Gasteiger partial charge in [0, 0.05) is 5.75 Å². The predicted octanol–water partition coefficient (Wildman–Crippen LogP) is 0.598. The van der Waals surface area contributed by atoms with Gasteiger partial charge in [-0.3, -0.25) is 0 Å². The number of hydrogen-bond acceptors (Lipinski definition) is 4. The van der Waals surface area contributed by atoms with E-state index in [2.05, 4.69) is 6.92 Å². The zero-order valence-electron chi connectivity index (χ0n) is 13.8. The van der Waals surface area contributed by atoms with Gasteiger partial charge in [0.05, 0.1) is 16.2 Å². The minimum absolute atomic E-state index is 0. The molecule has 6 heteroatoms. The van der Waals surface area contributed by atoms with E-state index in [-0.39, 0.29) is 63.2 Å². The van der Waals surface area contributed by atoms with Gasteiger partial charge in [-0.2, -0.15) is 0 Å². The molecule has 1 N–H and O–H groups in total. The molecule has 0 aromatic rings. The van der Waals surface area contributed by atoms with Gasteiger partial charge < -0.3 is 9.66 Å². The van der Waals surface area contributed by atoms with Crippen LogP contribution in [-0.4, -0.2) is 29.9 Å². The predicted molar refractivity (Wildman–Crippen MR) is 81.6 cm³/mol. The molecule has 0 aliphatic heterocycles. The van der Waals surface area contributed by atoms with E-state index in [9.17, 15) is 18.1 Å². The molecule has 0 spiro atoms. The Hall–Kier alpha value is 1.51. The summed E-state index contributed by atoms with van der Waals surface area (Å²) in [6, 6.07) is 0. The molecule has 0 bridgehead atoms. The number of hydrogen-bond donors (Lipinski definition) is 1. The summed E-state index contributed by atoms with van der Waals surface area (Å²) in [5, 5.41) is 9.79. The molecule has 0 saturated heterocycles. The molecule has 1 unspecified atom stereocenters. The summed E-state index contributed by atoms with van der Waals surface area (Å²) in [6.07, 6.45) is 11.9. The van der Waals surface area contributed by atoms with Crippen molar-refractivity contribution in [3.8, 4) is 0 Å². The molecule has 1 atom stereocenters. The summed E-state index contributed by atoms with van der Waals surface area (Å²) in [5.41, 5.74) is 0. The summed E-state index contributed by atoms with van der Waals surface area (Å²) in [5.74, 6) is -0.243. The fraction of sp³-hybridized carbons (Fsp3) is 1.00. The topological polar surface area (TPSA) is 77.4 Å². The first-order valence-electron chi connectivity index (χ1n) is 8.07. The first kappa shape index (κ1) is 24.8. The fourth-order valence-electron chi connectivity index (χ4n) is 2.32. The van der Waals surface area contributed by atoms with Crippen LogP contribution in [0.15, 0.2) is 0 Å². The van der Waals surface area contributed by atoms with Crippen molar-refractivity contribution < 1.29 is 69.5 Å². The molecule has 0 radical (unpaired) electrons. The maximum atomic E-state index is 10.4. The molecule has 0 fully saturated rings. The Kier molecular flexibility index (Phi) is 19.3. The second-order valence-electron chi connectivity index (χ2n) is 5.67. The van der Waals surface area contributed by atoms with Gasteiger partial charge in [0.15, 0.2) is 0 Å². The van der Waals surface area contributed by atoms with Crippen molar-refractivity contribution in [2.75, 3.05) is 5.75 Å².